The van der Waals surface area contributed by atoms with Crippen molar-refractivity contribution < 1.29 is 9.90 Å². The molecule has 0 unspecified atom stereocenters. The van der Waals surface area contributed by atoms with Crippen LogP contribution in [0, 0.1) is 5.41 Å². The third-order valence-corrected chi connectivity index (χ3v) is 6.48. The number of piperidine rings is 1. The number of carbonyl (C=O) groups excluding carboxylic acids is 1. The number of likely N-dealkylation sites (N-methyl/N-ethyl adjacent to an activating group) is 1. The average Bonchev–Trinajstić information content (AvgIpc) is 3.11. The Morgan fingerprint density at radius 3 is 2.84 bits per heavy atom. The molecular formula is C18H29N5O2. The predicted molar refractivity (Wildman–Crippen MR) is 93.8 cm³/mol. The summed E-state index contributed by atoms with van der Waals surface area (Å²) in [6, 6.07) is -0.00565. The van der Waals surface area contributed by atoms with Gasteiger partial charge in [-0.1, -0.05) is 0 Å². The number of likely N-dealkylation sites (tertiary alicyclic amines) is 1. The van der Waals surface area contributed by atoms with Crippen LogP contribution in [0.25, 0.3) is 0 Å². The highest BCUT2D eigenvalue weighted by Gasteiger charge is 2.46. The summed E-state index contributed by atoms with van der Waals surface area (Å²) in [6.07, 6.45) is 4.13. The number of aromatic nitrogens is 2. The summed E-state index contributed by atoms with van der Waals surface area (Å²) in [5, 5.41) is 17.4. The summed E-state index contributed by atoms with van der Waals surface area (Å²) in [5.74, 6) is 0.247. The summed E-state index contributed by atoms with van der Waals surface area (Å²) in [6.45, 7) is 4.42. The number of hydrogen-bond acceptors (Lipinski definition) is 5. The Labute approximate surface area is 149 Å². The van der Waals surface area contributed by atoms with Crippen LogP contribution in [0.5, 0.6) is 0 Å². The van der Waals surface area contributed by atoms with Gasteiger partial charge in [0.25, 0.3) is 0 Å². The molecule has 25 heavy (non-hydrogen) atoms. The van der Waals surface area contributed by atoms with E-state index >= 15 is 0 Å². The number of aliphatic hydroxyl groups excluding tert-OH is 1. The number of carbonyl (C=O) groups is 1. The number of aryl methyl sites for hydroxylation is 1. The zero-order valence-corrected chi connectivity index (χ0v) is 15.3. The average molecular weight is 347 g/mol. The molecule has 1 atom stereocenters. The summed E-state index contributed by atoms with van der Waals surface area (Å²) in [5.41, 5.74) is 3.22. The third-order valence-electron chi connectivity index (χ3n) is 6.48. The van der Waals surface area contributed by atoms with Gasteiger partial charge in [0.05, 0.1) is 18.3 Å². The van der Waals surface area contributed by atoms with Crippen molar-refractivity contribution in [2.24, 2.45) is 12.5 Å². The highest BCUT2D eigenvalue weighted by Crippen LogP contribution is 2.42. The zero-order valence-electron chi connectivity index (χ0n) is 15.3. The first-order valence-corrected chi connectivity index (χ1v) is 9.37. The second-order valence-electron chi connectivity index (χ2n) is 8.05. The fourth-order valence-electron chi connectivity index (χ4n) is 5.06. The third kappa shape index (κ3) is 2.88. The Balaban J connectivity index is 1.50. The van der Waals surface area contributed by atoms with Gasteiger partial charge < -0.3 is 15.3 Å². The van der Waals surface area contributed by atoms with Gasteiger partial charge in [-0.3, -0.25) is 14.4 Å². The van der Waals surface area contributed by atoms with Crippen molar-refractivity contribution in [2.75, 3.05) is 33.2 Å². The molecule has 3 aliphatic heterocycles. The molecule has 0 aromatic carbocycles. The van der Waals surface area contributed by atoms with E-state index in [1.54, 1.807) is 0 Å². The molecule has 0 aliphatic carbocycles. The molecule has 138 valence electrons. The van der Waals surface area contributed by atoms with Crippen LogP contribution in [0.15, 0.2) is 0 Å². The van der Waals surface area contributed by atoms with E-state index in [2.05, 4.69) is 22.4 Å². The first-order chi connectivity index (χ1) is 12.0. The first-order valence-electron chi connectivity index (χ1n) is 9.37. The van der Waals surface area contributed by atoms with Crippen LogP contribution in [0.1, 0.15) is 36.2 Å². The van der Waals surface area contributed by atoms with Gasteiger partial charge >= 0.3 is 0 Å². The highest BCUT2D eigenvalue weighted by molar-refractivity contribution is 5.82. The van der Waals surface area contributed by atoms with Crippen LogP contribution in [0.3, 0.4) is 0 Å². The van der Waals surface area contributed by atoms with E-state index in [1.807, 2.05) is 16.6 Å². The van der Waals surface area contributed by atoms with E-state index in [1.165, 1.54) is 12.8 Å². The predicted octanol–water partition coefficient (Wildman–Crippen LogP) is -0.129. The molecule has 1 aromatic rings. The minimum atomic E-state index is -0.0648. The van der Waals surface area contributed by atoms with E-state index < -0.39 is 0 Å². The van der Waals surface area contributed by atoms with Crippen LogP contribution in [0.4, 0.5) is 0 Å². The van der Waals surface area contributed by atoms with Gasteiger partial charge in [0.1, 0.15) is 0 Å². The van der Waals surface area contributed by atoms with Crippen LogP contribution in [-0.4, -0.2) is 69.9 Å². The van der Waals surface area contributed by atoms with Gasteiger partial charge in [0.2, 0.25) is 5.91 Å². The molecule has 4 heterocycles. The van der Waals surface area contributed by atoms with Crippen molar-refractivity contribution in [3.05, 3.63) is 17.0 Å². The SMILES string of the molecule is CN1CC2(CCNCC2)C[C@@H]1C(=O)N1CCc2c(c(CO)nn2C)C1. The zero-order chi connectivity index (χ0) is 17.6. The van der Waals surface area contributed by atoms with Crippen LogP contribution < -0.4 is 5.32 Å². The molecule has 4 rings (SSSR count). The minimum Gasteiger partial charge on any atom is -0.390 e. The largest absolute Gasteiger partial charge is 0.390 e. The van der Waals surface area contributed by atoms with Gasteiger partial charge in [-0.05, 0) is 44.8 Å². The van der Waals surface area contributed by atoms with Gasteiger partial charge in [-0.15, -0.1) is 0 Å². The molecule has 7 nitrogen and oxygen atoms in total. The molecule has 0 bridgehead atoms. The standard InChI is InChI=1S/C18H29N5O2/c1-21-12-18(4-6-19-7-5-18)9-16(21)17(25)23-8-3-15-13(10-23)14(11-24)20-22(15)2/h16,19,24H,3-12H2,1-2H3/t16-/m1/s1. The maximum Gasteiger partial charge on any atom is 0.240 e. The van der Waals surface area contributed by atoms with Gasteiger partial charge in [0, 0.05) is 44.4 Å². The Kier molecular flexibility index (Phi) is 4.33. The van der Waals surface area contributed by atoms with Crippen LogP contribution in [-0.2, 0) is 31.4 Å². The number of hydrogen-bond donors (Lipinski definition) is 2. The summed E-state index contributed by atoms with van der Waals surface area (Å²) in [7, 11) is 4.01. The van der Waals surface area contributed by atoms with E-state index in [-0.39, 0.29) is 18.6 Å². The molecule has 1 spiro atoms. The summed E-state index contributed by atoms with van der Waals surface area (Å²) >= 11 is 0. The van der Waals surface area contributed by atoms with Crippen molar-refractivity contribution in [3.63, 3.8) is 0 Å². The number of aliphatic hydroxyl groups is 1. The van der Waals surface area contributed by atoms with Crippen molar-refractivity contribution in [2.45, 2.75) is 44.9 Å². The Morgan fingerprint density at radius 2 is 2.12 bits per heavy atom. The fraction of sp³-hybridized carbons (Fsp3) is 0.778. The monoisotopic (exact) mass is 347 g/mol. The number of amides is 1. The van der Waals surface area contributed by atoms with E-state index in [9.17, 15) is 9.90 Å². The lowest BCUT2D eigenvalue weighted by atomic mass is 9.77. The maximum absolute atomic E-state index is 13.2. The second kappa shape index (κ2) is 6.37. The Morgan fingerprint density at radius 1 is 1.36 bits per heavy atom. The smallest absolute Gasteiger partial charge is 0.240 e. The lowest BCUT2D eigenvalue weighted by molar-refractivity contribution is -0.136. The van der Waals surface area contributed by atoms with Crippen molar-refractivity contribution >= 4 is 5.91 Å². The summed E-state index contributed by atoms with van der Waals surface area (Å²) < 4.78 is 1.86. The van der Waals surface area contributed by atoms with E-state index in [0.29, 0.717) is 17.7 Å². The fourth-order valence-corrected chi connectivity index (χ4v) is 5.06. The Hall–Kier alpha value is -1.44. The molecule has 2 saturated heterocycles. The van der Waals surface area contributed by atoms with Crippen LogP contribution >= 0.6 is 0 Å². The van der Waals surface area contributed by atoms with Gasteiger partial charge in [0.15, 0.2) is 0 Å². The molecule has 1 aromatic heterocycles. The number of fused-ring (bicyclic) bond motifs is 1. The first kappa shape index (κ1) is 17.0. The van der Waals surface area contributed by atoms with Gasteiger partial charge in [-0.2, -0.15) is 5.10 Å². The molecule has 1 amide bonds. The second-order valence-corrected chi connectivity index (χ2v) is 8.05. The minimum absolute atomic E-state index is 0.00565. The molecule has 0 saturated carbocycles. The van der Waals surface area contributed by atoms with Gasteiger partial charge in [-0.25, -0.2) is 0 Å². The van der Waals surface area contributed by atoms with Crippen molar-refractivity contribution in [1.82, 2.24) is 24.9 Å². The molecule has 0 radical (unpaired) electrons. The lowest BCUT2D eigenvalue weighted by Crippen LogP contribution is -2.46. The van der Waals surface area contributed by atoms with Crippen molar-refractivity contribution in [3.8, 4) is 0 Å². The highest BCUT2D eigenvalue weighted by atomic mass is 16.3. The maximum atomic E-state index is 13.2. The molecular weight excluding hydrogens is 318 g/mol. The van der Waals surface area contributed by atoms with Crippen molar-refractivity contribution in [1.29, 1.82) is 0 Å². The summed E-state index contributed by atoms with van der Waals surface area (Å²) in [4.78, 5) is 17.5. The van der Waals surface area contributed by atoms with Crippen LogP contribution in [0.2, 0.25) is 0 Å². The normalized spacial score (nSPS) is 26.2. The Bertz CT molecular complexity index is 665. The van der Waals surface area contributed by atoms with E-state index in [4.69, 9.17) is 0 Å². The number of nitrogens with one attached hydrogen (secondary N) is 1. The van der Waals surface area contributed by atoms with E-state index in [0.717, 1.165) is 50.3 Å². The molecule has 3 aliphatic rings. The lowest BCUT2D eigenvalue weighted by Gasteiger charge is -2.34. The number of nitrogens with zero attached hydrogens (tertiary/aromatic N) is 4. The topological polar surface area (TPSA) is 73.6 Å². The molecule has 7 heteroatoms. The quantitative estimate of drug-likeness (QED) is 0.780. The number of rotatable bonds is 2. The molecule has 2 fully saturated rings. The molecule has 2 N–H and O–H groups in total.